The predicted octanol–water partition coefficient (Wildman–Crippen LogP) is 1.55. The SMILES string of the molecule is CCC1(CC)C(NC(=O)C(C)C2CNC2)CC1OC. The van der Waals surface area contributed by atoms with E-state index in [0.717, 1.165) is 32.4 Å². The van der Waals surface area contributed by atoms with Gasteiger partial charge in [0.15, 0.2) is 0 Å². The van der Waals surface area contributed by atoms with Gasteiger partial charge >= 0.3 is 0 Å². The van der Waals surface area contributed by atoms with Crippen LogP contribution in [0.25, 0.3) is 0 Å². The highest BCUT2D eigenvalue weighted by Gasteiger charge is 2.53. The monoisotopic (exact) mass is 268 g/mol. The van der Waals surface area contributed by atoms with E-state index in [-0.39, 0.29) is 23.3 Å². The summed E-state index contributed by atoms with van der Waals surface area (Å²) in [7, 11) is 1.78. The number of carbonyl (C=O) groups excluding carboxylic acids is 1. The van der Waals surface area contributed by atoms with Crippen molar-refractivity contribution >= 4 is 5.91 Å². The smallest absolute Gasteiger partial charge is 0.223 e. The molecule has 1 heterocycles. The fraction of sp³-hybridized carbons (Fsp3) is 0.933. The van der Waals surface area contributed by atoms with Crippen molar-refractivity contribution < 1.29 is 9.53 Å². The number of amides is 1. The lowest BCUT2D eigenvalue weighted by atomic mass is 9.58. The van der Waals surface area contributed by atoms with Crippen LogP contribution >= 0.6 is 0 Å². The lowest BCUT2D eigenvalue weighted by Crippen LogP contribution is -2.65. The fourth-order valence-corrected chi connectivity index (χ4v) is 3.66. The zero-order valence-electron chi connectivity index (χ0n) is 12.7. The van der Waals surface area contributed by atoms with Crippen molar-refractivity contribution in [3.8, 4) is 0 Å². The van der Waals surface area contributed by atoms with Crippen molar-refractivity contribution in [1.29, 1.82) is 0 Å². The molecule has 2 N–H and O–H groups in total. The van der Waals surface area contributed by atoms with Gasteiger partial charge in [-0.2, -0.15) is 0 Å². The maximum absolute atomic E-state index is 12.3. The summed E-state index contributed by atoms with van der Waals surface area (Å²) in [6.45, 7) is 8.41. The van der Waals surface area contributed by atoms with Crippen LogP contribution in [0.3, 0.4) is 0 Å². The molecule has 0 bridgehead atoms. The van der Waals surface area contributed by atoms with Crippen molar-refractivity contribution in [1.82, 2.24) is 10.6 Å². The molecule has 2 aliphatic rings. The van der Waals surface area contributed by atoms with E-state index in [0.29, 0.717) is 12.0 Å². The molecule has 2 rings (SSSR count). The maximum Gasteiger partial charge on any atom is 0.223 e. The maximum atomic E-state index is 12.3. The Morgan fingerprint density at radius 2 is 2.05 bits per heavy atom. The normalized spacial score (nSPS) is 31.2. The Labute approximate surface area is 116 Å². The molecule has 0 radical (unpaired) electrons. The summed E-state index contributed by atoms with van der Waals surface area (Å²) < 4.78 is 5.57. The number of carbonyl (C=O) groups is 1. The molecule has 0 aromatic carbocycles. The molecule has 19 heavy (non-hydrogen) atoms. The highest BCUT2D eigenvalue weighted by atomic mass is 16.5. The van der Waals surface area contributed by atoms with Gasteiger partial charge in [-0.15, -0.1) is 0 Å². The topological polar surface area (TPSA) is 50.4 Å². The second kappa shape index (κ2) is 5.80. The Kier molecular flexibility index (Phi) is 4.51. The van der Waals surface area contributed by atoms with Crippen LogP contribution in [0.5, 0.6) is 0 Å². The lowest BCUT2D eigenvalue weighted by Gasteiger charge is -2.55. The van der Waals surface area contributed by atoms with Crippen LogP contribution in [0.2, 0.25) is 0 Å². The van der Waals surface area contributed by atoms with Gasteiger partial charge in [0.1, 0.15) is 0 Å². The molecule has 0 aromatic heterocycles. The van der Waals surface area contributed by atoms with E-state index in [2.05, 4.69) is 24.5 Å². The molecule has 1 aliphatic heterocycles. The van der Waals surface area contributed by atoms with E-state index >= 15 is 0 Å². The van der Waals surface area contributed by atoms with Gasteiger partial charge in [0, 0.05) is 24.5 Å². The van der Waals surface area contributed by atoms with Crippen LogP contribution in [0.15, 0.2) is 0 Å². The average molecular weight is 268 g/mol. The molecule has 0 aromatic rings. The number of nitrogens with one attached hydrogen (secondary N) is 2. The Balaban J connectivity index is 1.93. The molecule has 2 fully saturated rings. The molecular weight excluding hydrogens is 240 g/mol. The summed E-state index contributed by atoms with van der Waals surface area (Å²) >= 11 is 0. The van der Waals surface area contributed by atoms with Crippen LogP contribution in [0.4, 0.5) is 0 Å². The second-order valence-electron chi connectivity index (χ2n) is 6.17. The number of methoxy groups -OCH3 is 1. The first-order valence-electron chi connectivity index (χ1n) is 7.62. The molecule has 4 heteroatoms. The molecule has 4 nitrogen and oxygen atoms in total. The number of rotatable bonds is 6. The number of hydrogen-bond donors (Lipinski definition) is 2. The molecule has 1 saturated carbocycles. The van der Waals surface area contributed by atoms with Gasteiger partial charge in [-0.3, -0.25) is 4.79 Å². The Hall–Kier alpha value is -0.610. The minimum absolute atomic E-state index is 0.120. The molecule has 3 unspecified atom stereocenters. The van der Waals surface area contributed by atoms with Gasteiger partial charge in [0.05, 0.1) is 6.10 Å². The minimum Gasteiger partial charge on any atom is -0.381 e. The minimum atomic E-state index is 0.120. The molecule has 1 saturated heterocycles. The summed E-state index contributed by atoms with van der Waals surface area (Å²) in [6.07, 6.45) is 3.38. The predicted molar refractivity (Wildman–Crippen MR) is 75.9 cm³/mol. The zero-order chi connectivity index (χ0) is 14.0. The molecular formula is C15H28N2O2. The molecule has 1 aliphatic carbocycles. The van der Waals surface area contributed by atoms with E-state index in [1.165, 1.54) is 0 Å². The summed E-state index contributed by atoms with van der Waals surface area (Å²) in [5, 5.41) is 6.51. The van der Waals surface area contributed by atoms with E-state index in [4.69, 9.17) is 4.74 Å². The molecule has 3 atom stereocenters. The molecule has 0 spiro atoms. The summed E-state index contributed by atoms with van der Waals surface area (Å²) in [5.41, 5.74) is 0.141. The lowest BCUT2D eigenvalue weighted by molar-refractivity contribution is -0.145. The van der Waals surface area contributed by atoms with E-state index in [9.17, 15) is 4.79 Å². The number of ether oxygens (including phenoxy) is 1. The first-order chi connectivity index (χ1) is 9.08. The van der Waals surface area contributed by atoms with Crippen molar-refractivity contribution in [2.45, 2.75) is 52.2 Å². The summed E-state index contributed by atoms with van der Waals surface area (Å²) in [4.78, 5) is 12.3. The first kappa shape index (κ1) is 14.8. The average Bonchev–Trinajstić information content (AvgIpc) is 2.33. The van der Waals surface area contributed by atoms with Gasteiger partial charge < -0.3 is 15.4 Å². The summed E-state index contributed by atoms with van der Waals surface area (Å²) in [5.74, 6) is 0.850. The van der Waals surface area contributed by atoms with Gasteiger partial charge in [-0.1, -0.05) is 20.8 Å². The quantitative estimate of drug-likeness (QED) is 0.768. The van der Waals surface area contributed by atoms with E-state index in [1.807, 2.05) is 6.92 Å². The standard InChI is InChI=1S/C15H28N2O2/c1-5-15(6-2)12(7-13(15)19-4)17-14(18)10(3)11-8-16-9-11/h10-13,16H,5-9H2,1-4H3,(H,17,18). The number of hydrogen-bond acceptors (Lipinski definition) is 3. The van der Waals surface area contributed by atoms with Crippen LogP contribution in [-0.4, -0.2) is 38.3 Å². The highest BCUT2D eigenvalue weighted by Crippen LogP contribution is 2.48. The van der Waals surface area contributed by atoms with Gasteiger partial charge in [-0.05, 0) is 38.3 Å². The van der Waals surface area contributed by atoms with Crippen LogP contribution < -0.4 is 10.6 Å². The van der Waals surface area contributed by atoms with Gasteiger partial charge in [0.25, 0.3) is 0 Å². The molecule has 110 valence electrons. The Morgan fingerprint density at radius 1 is 1.42 bits per heavy atom. The third-order valence-electron chi connectivity index (χ3n) is 5.64. The van der Waals surface area contributed by atoms with Crippen LogP contribution in [-0.2, 0) is 9.53 Å². The van der Waals surface area contributed by atoms with Crippen molar-refractivity contribution in [2.24, 2.45) is 17.3 Å². The second-order valence-corrected chi connectivity index (χ2v) is 6.17. The van der Waals surface area contributed by atoms with Crippen molar-refractivity contribution in [3.63, 3.8) is 0 Å². The van der Waals surface area contributed by atoms with Gasteiger partial charge in [0.2, 0.25) is 5.91 Å². The molecule has 1 amide bonds. The third-order valence-corrected chi connectivity index (χ3v) is 5.64. The van der Waals surface area contributed by atoms with Gasteiger partial charge in [-0.25, -0.2) is 0 Å². The van der Waals surface area contributed by atoms with Crippen molar-refractivity contribution in [3.05, 3.63) is 0 Å². The third kappa shape index (κ3) is 2.40. The Morgan fingerprint density at radius 3 is 2.47 bits per heavy atom. The van der Waals surface area contributed by atoms with Crippen LogP contribution in [0.1, 0.15) is 40.0 Å². The summed E-state index contributed by atoms with van der Waals surface area (Å²) in [6, 6.07) is 0.287. The van der Waals surface area contributed by atoms with Crippen molar-refractivity contribution in [2.75, 3.05) is 20.2 Å². The zero-order valence-corrected chi connectivity index (χ0v) is 12.7. The Bertz CT molecular complexity index is 324. The van der Waals surface area contributed by atoms with E-state index < -0.39 is 0 Å². The highest BCUT2D eigenvalue weighted by molar-refractivity contribution is 5.79. The first-order valence-corrected chi connectivity index (χ1v) is 7.62. The van der Waals surface area contributed by atoms with E-state index in [1.54, 1.807) is 7.11 Å². The largest absolute Gasteiger partial charge is 0.381 e. The van der Waals surface area contributed by atoms with Crippen LogP contribution in [0, 0.1) is 17.3 Å². The fourth-order valence-electron chi connectivity index (χ4n) is 3.66.